The largest absolute Gasteiger partial charge is 0.342 e. The minimum Gasteiger partial charge on any atom is -0.332 e. The molecule has 1 aliphatic heterocycles. The van der Waals surface area contributed by atoms with Gasteiger partial charge in [0.1, 0.15) is 0 Å². The minimum atomic E-state index is -0.124. The summed E-state index contributed by atoms with van der Waals surface area (Å²) in [7, 11) is 0. The van der Waals surface area contributed by atoms with Gasteiger partial charge in [-0.2, -0.15) is 9.78 Å². The van der Waals surface area contributed by atoms with Crippen molar-refractivity contribution in [3.63, 3.8) is 0 Å². The van der Waals surface area contributed by atoms with Crippen LogP contribution in [0.15, 0.2) is 12.4 Å². The molecule has 1 aliphatic rings. The Bertz CT molecular complexity index is 388. The van der Waals surface area contributed by atoms with Crippen molar-refractivity contribution in [2.24, 2.45) is 0 Å². The summed E-state index contributed by atoms with van der Waals surface area (Å²) in [4.78, 5) is 14.3. The molecule has 94 valence electrons. The van der Waals surface area contributed by atoms with Crippen molar-refractivity contribution in [1.82, 2.24) is 20.0 Å². The molecule has 1 fully saturated rings. The summed E-state index contributed by atoms with van der Waals surface area (Å²) in [6, 6.07) is 0.127. The number of likely N-dealkylation sites (tertiary alicyclic amines) is 1. The van der Waals surface area contributed by atoms with Crippen LogP contribution in [0.5, 0.6) is 0 Å². The molecule has 0 radical (unpaired) electrons. The molecule has 0 aliphatic carbocycles. The van der Waals surface area contributed by atoms with Gasteiger partial charge in [-0.1, -0.05) is 6.92 Å². The molecule has 0 bridgehead atoms. The van der Waals surface area contributed by atoms with E-state index in [2.05, 4.69) is 22.2 Å². The summed E-state index contributed by atoms with van der Waals surface area (Å²) >= 11 is 0. The van der Waals surface area contributed by atoms with Crippen LogP contribution in [-0.4, -0.2) is 46.4 Å². The summed E-state index contributed by atoms with van der Waals surface area (Å²) in [6.07, 6.45) is 5.65. The van der Waals surface area contributed by atoms with Crippen molar-refractivity contribution in [3.8, 4) is 0 Å². The fourth-order valence-corrected chi connectivity index (χ4v) is 2.23. The van der Waals surface area contributed by atoms with E-state index in [1.54, 1.807) is 12.4 Å². The minimum absolute atomic E-state index is 0.124. The molecule has 5 heteroatoms. The molecule has 17 heavy (non-hydrogen) atoms. The van der Waals surface area contributed by atoms with Gasteiger partial charge < -0.3 is 10.2 Å². The Balaban J connectivity index is 1.90. The molecular weight excluding hydrogens is 216 g/mol. The van der Waals surface area contributed by atoms with E-state index in [-0.39, 0.29) is 12.1 Å². The average Bonchev–Trinajstić information content (AvgIpc) is 2.76. The van der Waals surface area contributed by atoms with Crippen LogP contribution >= 0.6 is 0 Å². The van der Waals surface area contributed by atoms with Crippen molar-refractivity contribution in [1.29, 1.82) is 0 Å². The second-order valence-corrected chi connectivity index (χ2v) is 4.64. The Kier molecular flexibility index (Phi) is 3.78. The molecule has 1 atom stereocenters. The lowest BCUT2D eigenvalue weighted by Gasteiger charge is -2.32. The molecule has 1 aromatic heterocycles. The van der Waals surface area contributed by atoms with Crippen LogP contribution in [0.4, 0.5) is 4.79 Å². The van der Waals surface area contributed by atoms with Gasteiger partial charge >= 0.3 is 6.03 Å². The normalized spacial score (nSPS) is 21.4. The predicted molar refractivity (Wildman–Crippen MR) is 66.0 cm³/mol. The van der Waals surface area contributed by atoms with Gasteiger partial charge in [0.05, 0.1) is 6.20 Å². The zero-order valence-corrected chi connectivity index (χ0v) is 10.5. The number of amides is 1. The van der Waals surface area contributed by atoms with Crippen LogP contribution in [0.25, 0.3) is 0 Å². The summed E-state index contributed by atoms with van der Waals surface area (Å²) in [5, 5.41) is 7.04. The monoisotopic (exact) mass is 236 g/mol. The highest BCUT2D eigenvalue weighted by Crippen LogP contribution is 2.09. The molecule has 1 unspecified atom stereocenters. The summed E-state index contributed by atoms with van der Waals surface area (Å²) < 4.78 is 1.38. The second kappa shape index (κ2) is 5.31. The van der Waals surface area contributed by atoms with Crippen LogP contribution in [0.3, 0.4) is 0 Å². The van der Waals surface area contributed by atoms with Gasteiger partial charge in [0, 0.05) is 18.8 Å². The van der Waals surface area contributed by atoms with Crippen molar-refractivity contribution in [2.45, 2.75) is 32.7 Å². The standard InChI is InChI=1S/C12H20N4O/c1-3-15-6-4-5-11(9-15)14-12(17)16-8-10(2)7-13-16/h7-8,11H,3-6,9H2,1-2H3,(H,14,17). The number of aryl methyl sites for hydroxylation is 1. The van der Waals surface area contributed by atoms with Crippen LogP contribution in [0.1, 0.15) is 25.3 Å². The number of nitrogens with one attached hydrogen (secondary N) is 1. The molecule has 0 spiro atoms. The topological polar surface area (TPSA) is 50.2 Å². The van der Waals surface area contributed by atoms with Gasteiger partial charge in [0.25, 0.3) is 0 Å². The molecule has 1 amide bonds. The second-order valence-electron chi connectivity index (χ2n) is 4.64. The first kappa shape index (κ1) is 12.1. The lowest BCUT2D eigenvalue weighted by molar-refractivity contribution is 0.192. The van der Waals surface area contributed by atoms with Crippen LogP contribution < -0.4 is 5.32 Å². The number of hydrogen-bond acceptors (Lipinski definition) is 3. The Morgan fingerprint density at radius 2 is 2.47 bits per heavy atom. The number of hydrogen-bond donors (Lipinski definition) is 1. The molecule has 0 aromatic carbocycles. The Morgan fingerprint density at radius 3 is 3.12 bits per heavy atom. The number of likely N-dealkylation sites (N-methyl/N-ethyl adjacent to an activating group) is 1. The molecule has 2 rings (SSSR count). The van der Waals surface area contributed by atoms with E-state index < -0.39 is 0 Å². The van der Waals surface area contributed by atoms with Gasteiger partial charge in [0.15, 0.2) is 0 Å². The zero-order chi connectivity index (χ0) is 12.3. The van der Waals surface area contributed by atoms with Gasteiger partial charge in [0.2, 0.25) is 0 Å². The van der Waals surface area contributed by atoms with Crippen molar-refractivity contribution < 1.29 is 4.79 Å². The Morgan fingerprint density at radius 1 is 1.65 bits per heavy atom. The van der Waals surface area contributed by atoms with Crippen molar-refractivity contribution in [2.75, 3.05) is 19.6 Å². The highest BCUT2D eigenvalue weighted by molar-refractivity contribution is 5.76. The van der Waals surface area contributed by atoms with E-state index in [0.717, 1.165) is 38.0 Å². The average molecular weight is 236 g/mol. The summed E-state index contributed by atoms with van der Waals surface area (Å²) in [5.74, 6) is 0. The Hall–Kier alpha value is -1.36. The molecule has 5 nitrogen and oxygen atoms in total. The summed E-state index contributed by atoms with van der Waals surface area (Å²) in [5.41, 5.74) is 0.999. The van der Waals surface area contributed by atoms with Gasteiger partial charge in [-0.15, -0.1) is 0 Å². The molecule has 2 heterocycles. The molecule has 1 N–H and O–H groups in total. The lowest BCUT2D eigenvalue weighted by Crippen LogP contribution is -2.48. The molecular formula is C12H20N4O. The van der Waals surface area contributed by atoms with Crippen LogP contribution in [0, 0.1) is 6.92 Å². The number of piperidine rings is 1. The third-order valence-corrected chi connectivity index (χ3v) is 3.20. The van der Waals surface area contributed by atoms with E-state index in [4.69, 9.17) is 0 Å². The maximum atomic E-state index is 11.9. The maximum Gasteiger partial charge on any atom is 0.342 e. The van der Waals surface area contributed by atoms with Crippen molar-refractivity contribution >= 4 is 6.03 Å². The SMILES string of the molecule is CCN1CCCC(NC(=O)n2cc(C)cn2)C1. The van der Waals surface area contributed by atoms with Gasteiger partial charge in [-0.25, -0.2) is 4.79 Å². The zero-order valence-electron chi connectivity index (χ0n) is 10.5. The van der Waals surface area contributed by atoms with E-state index >= 15 is 0 Å². The van der Waals surface area contributed by atoms with E-state index in [0.29, 0.717) is 0 Å². The van der Waals surface area contributed by atoms with Gasteiger partial charge in [-0.05, 0) is 38.4 Å². The smallest absolute Gasteiger partial charge is 0.332 e. The predicted octanol–water partition coefficient (Wildman–Crippen LogP) is 1.23. The van der Waals surface area contributed by atoms with Crippen LogP contribution in [-0.2, 0) is 0 Å². The van der Waals surface area contributed by atoms with Crippen LogP contribution in [0.2, 0.25) is 0 Å². The third kappa shape index (κ3) is 3.06. The number of carbonyl (C=O) groups is 1. The first-order valence-corrected chi connectivity index (χ1v) is 6.23. The summed E-state index contributed by atoms with van der Waals surface area (Å²) in [6.45, 7) is 7.22. The molecule has 1 saturated heterocycles. The number of rotatable bonds is 2. The first-order valence-electron chi connectivity index (χ1n) is 6.23. The first-order chi connectivity index (χ1) is 8.19. The Labute approximate surface area is 102 Å². The van der Waals surface area contributed by atoms with E-state index in [1.165, 1.54) is 4.68 Å². The van der Waals surface area contributed by atoms with E-state index in [1.807, 2.05) is 6.92 Å². The highest BCUT2D eigenvalue weighted by Gasteiger charge is 2.20. The third-order valence-electron chi connectivity index (χ3n) is 3.20. The molecule has 0 saturated carbocycles. The van der Waals surface area contributed by atoms with Gasteiger partial charge in [-0.3, -0.25) is 0 Å². The number of nitrogens with zero attached hydrogens (tertiary/aromatic N) is 3. The number of aromatic nitrogens is 2. The highest BCUT2D eigenvalue weighted by atomic mass is 16.2. The maximum absolute atomic E-state index is 11.9. The van der Waals surface area contributed by atoms with E-state index in [9.17, 15) is 4.79 Å². The fraction of sp³-hybridized carbons (Fsp3) is 0.667. The fourth-order valence-electron chi connectivity index (χ4n) is 2.23. The number of carbonyl (C=O) groups excluding carboxylic acids is 1. The molecule has 1 aromatic rings. The van der Waals surface area contributed by atoms with Crippen molar-refractivity contribution in [3.05, 3.63) is 18.0 Å². The lowest BCUT2D eigenvalue weighted by atomic mass is 10.1. The quantitative estimate of drug-likeness (QED) is 0.840.